The minimum absolute atomic E-state index is 0.0138. The van der Waals surface area contributed by atoms with Crippen molar-refractivity contribution in [3.05, 3.63) is 22.1 Å². The van der Waals surface area contributed by atoms with Crippen LogP contribution in [0.2, 0.25) is 0 Å². The van der Waals surface area contributed by atoms with Crippen molar-refractivity contribution in [1.29, 1.82) is 0 Å². The van der Waals surface area contributed by atoms with Crippen LogP contribution in [0.5, 0.6) is 0 Å². The van der Waals surface area contributed by atoms with Gasteiger partial charge in [-0.1, -0.05) is 11.8 Å². The SMILES string of the molecule is CCOC(=O)c1cnc2n(c1=O)C(C)CS2. The van der Waals surface area contributed by atoms with Gasteiger partial charge in [0, 0.05) is 11.8 Å². The molecule has 0 aliphatic carbocycles. The summed E-state index contributed by atoms with van der Waals surface area (Å²) in [6.07, 6.45) is 1.30. The molecule has 1 aliphatic rings. The highest BCUT2D eigenvalue weighted by molar-refractivity contribution is 7.99. The van der Waals surface area contributed by atoms with E-state index in [1.54, 1.807) is 11.5 Å². The number of thioether (sulfide) groups is 1. The van der Waals surface area contributed by atoms with Crippen LogP contribution in [0.3, 0.4) is 0 Å². The fourth-order valence-electron chi connectivity index (χ4n) is 1.57. The molecule has 0 fully saturated rings. The Balaban J connectivity index is 2.47. The van der Waals surface area contributed by atoms with Gasteiger partial charge >= 0.3 is 5.97 Å². The first-order chi connectivity index (χ1) is 7.65. The van der Waals surface area contributed by atoms with Crippen molar-refractivity contribution in [3.63, 3.8) is 0 Å². The maximum Gasteiger partial charge on any atom is 0.345 e. The van der Waals surface area contributed by atoms with Gasteiger partial charge < -0.3 is 4.74 Å². The second-order valence-electron chi connectivity index (χ2n) is 3.51. The summed E-state index contributed by atoms with van der Waals surface area (Å²) >= 11 is 1.52. The molecule has 0 radical (unpaired) electrons. The lowest BCUT2D eigenvalue weighted by molar-refractivity contribution is 0.0522. The molecular weight excluding hydrogens is 228 g/mol. The van der Waals surface area contributed by atoms with Crippen LogP contribution >= 0.6 is 11.8 Å². The molecule has 0 amide bonds. The third-order valence-electron chi connectivity index (χ3n) is 2.35. The zero-order valence-electron chi connectivity index (χ0n) is 9.10. The van der Waals surface area contributed by atoms with E-state index in [0.717, 1.165) is 5.75 Å². The first-order valence-electron chi connectivity index (χ1n) is 5.06. The molecular formula is C10H12N2O3S. The summed E-state index contributed by atoms with van der Waals surface area (Å²) in [6.45, 7) is 3.89. The van der Waals surface area contributed by atoms with Gasteiger partial charge in [0.1, 0.15) is 5.56 Å². The van der Waals surface area contributed by atoms with Crippen LogP contribution in [-0.2, 0) is 4.74 Å². The highest BCUT2D eigenvalue weighted by Gasteiger charge is 2.25. The smallest absolute Gasteiger partial charge is 0.345 e. The molecule has 0 bridgehead atoms. The fraction of sp³-hybridized carbons (Fsp3) is 0.500. The molecule has 0 spiro atoms. The molecule has 6 heteroatoms. The van der Waals surface area contributed by atoms with E-state index in [9.17, 15) is 9.59 Å². The molecule has 5 nitrogen and oxygen atoms in total. The summed E-state index contributed by atoms with van der Waals surface area (Å²) in [6, 6.07) is 0.0781. The van der Waals surface area contributed by atoms with Crippen LogP contribution in [0, 0.1) is 0 Å². The van der Waals surface area contributed by atoms with Crippen molar-refractivity contribution in [2.75, 3.05) is 12.4 Å². The van der Waals surface area contributed by atoms with Crippen molar-refractivity contribution in [2.45, 2.75) is 25.0 Å². The van der Waals surface area contributed by atoms with Gasteiger partial charge in [0.25, 0.3) is 5.56 Å². The van der Waals surface area contributed by atoms with E-state index in [-0.39, 0.29) is 23.8 Å². The Hall–Kier alpha value is -1.30. The normalized spacial score (nSPS) is 18.2. The van der Waals surface area contributed by atoms with Crippen LogP contribution in [0.25, 0.3) is 0 Å². The minimum Gasteiger partial charge on any atom is -0.462 e. The Morgan fingerprint density at radius 3 is 3.19 bits per heavy atom. The molecule has 0 saturated heterocycles. The number of fused-ring (bicyclic) bond motifs is 1. The van der Waals surface area contributed by atoms with Crippen molar-refractivity contribution >= 4 is 17.7 Å². The first-order valence-corrected chi connectivity index (χ1v) is 6.05. The predicted octanol–water partition coefficient (Wildman–Crippen LogP) is 1.09. The van der Waals surface area contributed by atoms with Crippen LogP contribution in [0.1, 0.15) is 30.2 Å². The minimum atomic E-state index is -0.598. The number of carbonyl (C=O) groups is 1. The summed E-state index contributed by atoms with van der Waals surface area (Å²) in [4.78, 5) is 27.6. The van der Waals surface area contributed by atoms with Crippen molar-refractivity contribution in [2.24, 2.45) is 0 Å². The number of hydrogen-bond donors (Lipinski definition) is 0. The Morgan fingerprint density at radius 2 is 2.50 bits per heavy atom. The number of rotatable bonds is 2. The van der Waals surface area contributed by atoms with Crippen LogP contribution in [0.4, 0.5) is 0 Å². The molecule has 0 aromatic carbocycles. The molecule has 1 unspecified atom stereocenters. The second kappa shape index (κ2) is 4.29. The Bertz CT molecular complexity index is 483. The molecule has 1 aliphatic heterocycles. The van der Waals surface area contributed by atoms with E-state index >= 15 is 0 Å². The van der Waals surface area contributed by atoms with Gasteiger partial charge in [-0.05, 0) is 13.8 Å². The summed E-state index contributed by atoms with van der Waals surface area (Å²) in [7, 11) is 0. The lowest BCUT2D eigenvalue weighted by atomic mass is 10.3. The molecule has 0 saturated carbocycles. The first kappa shape index (κ1) is 11.2. The number of aromatic nitrogens is 2. The zero-order chi connectivity index (χ0) is 11.7. The summed E-state index contributed by atoms with van der Waals surface area (Å²) in [5.41, 5.74) is -0.291. The molecule has 16 heavy (non-hydrogen) atoms. The van der Waals surface area contributed by atoms with Crippen LogP contribution in [-0.4, -0.2) is 27.9 Å². The molecule has 0 N–H and O–H groups in total. The Labute approximate surface area is 96.8 Å². The van der Waals surface area contributed by atoms with E-state index < -0.39 is 5.97 Å². The lowest BCUT2D eigenvalue weighted by Crippen LogP contribution is -2.29. The monoisotopic (exact) mass is 240 g/mol. The number of ether oxygens (including phenoxy) is 1. The van der Waals surface area contributed by atoms with E-state index in [4.69, 9.17) is 4.74 Å². The second-order valence-corrected chi connectivity index (χ2v) is 4.50. The molecule has 2 rings (SSSR count). The van der Waals surface area contributed by atoms with Crippen LogP contribution < -0.4 is 5.56 Å². The topological polar surface area (TPSA) is 61.2 Å². The van der Waals surface area contributed by atoms with Gasteiger partial charge in [0.05, 0.1) is 12.8 Å². The van der Waals surface area contributed by atoms with Gasteiger partial charge in [-0.2, -0.15) is 0 Å². The quantitative estimate of drug-likeness (QED) is 0.572. The van der Waals surface area contributed by atoms with Gasteiger partial charge in [0.2, 0.25) is 0 Å². The molecule has 2 heterocycles. The number of nitrogens with zero attached hydrogens (tertiary/aromatic N) is 2. The molecule has 1 aromatic rings. The van der Waals surface area contributed by atoms with Crippen molar-refractivity contribution in [3.8, 4) is 0 Å². The maximum absolute atomic E-state index is 12.0. The van der Waals surface area contributed by atoms with E-state index in [1.165, 1.54) is 18.0 Å². The predicted molar refractivity (Wildman–Crippen MR) is 59.9 cm³/mol. The third-order valence-corrected chi connectivity index (χ3v) is 3.56. The standard InChI is InChI=1S/C10H12N2O3S/c1-3-15-9(14)7-4-11-10-12(8(7)13)6(2)5-16-10/h4,6H,3,5H2,1-2H3. The summed E-state index contributed by atoms with van der Waals surface area (Å²) in [5, 5.41) is 0.672. The molecule has 1 aromatic heterocycles. The van der Waals surface area contributed by atoms with Crippen molar-refractivity contribution in [1.82, 2.24) is 9.55 Å². The zero-order valence-corrected chi connectivity index (χ0v) is 9.91. The van der Waals surface area contributed by atoms with Gasteiger partial charge in [0.15, 0.2) is 5.16 Å². The van der Waals surface area contributed by atoms with Gasteiger partial charge in [-0.15, -0.1) is 0 Å². The average Bonchev–Trinajstić information content (AvgIpc) is 2.62. The summed E-state index contributed by atoms with van der Waals surface area (Å²) < 4.78 is 6.36. The third kappa shape index (κ3) is 1.73. The number of carbonyl (C=O) groups excluding carboxylic acids is 1. The molecule has 1 atom stereocenters. The van der Waals surface area contributed by atoms with E-state index in [0.29, 0.717) is 5.16 Å². The highest BCUT2D eigenvalue weighted by Crippen LogP contribution is 2.28. The summed E-state index contributed by atoms with van der Waals surface area (Å²) in [5.74, 6) is 0.216. The van der Waals surface area contributed by atoms with E-state index in [2.05, 4.69) is 4.98 Å². The average molecular weight is 240 g/mol. The van der Waals surface area contributed by atoms with Crippen LogP contribution in [0.15, 0.2) is 16.1 Å². The van der Waals surface area contributed by atoms with E-state index in [1.807, 2.05) is 6.92 Å². The highest BCUT2D eigenvalue weighted by atomic mass is 32.2. The number of hydrogen-bond acceptors (Lipinski definition) is 5. The molecule has 86 valence electrons. The Kier molecular flexibility index (Phi) is 3.00. The van der Waals surface area contributed by atoms with Crippen molar-refractivity contribution < 1.29 is 9.53 Å². The maximum atomic E-state index is 12.0. The fourth-order valence-corrected chi connectivity index (χ4v) is 2.64. The number of esters is 1. The Morgan fingerprint density at radius 1 is 1.75 bits per heavy atom. The largest absolute Gasteiger partial charge is 0.462 e. The lowest BCUT2D eigenvalue weighted by Gasteiger charge is -2.08. The van der Waals surface area contributed by atoms with Gasteiger partial charge in [-0.3, -0.25) is 9.36 Å². The van der Waals surface area contributed by atoms with Gasteiger partial charge in [-0.25, -0.2) is 9.78 Å².